The first-order valence-electron chi connectivity index (χ1n) is 6.70. The van der Waals surface area contributed by atoms with Gasteiger partial charge in [-0.15, -0.1) is 0 Å². The molecule has 0 aliphatic carbocycles. The van der Waals surface area contributed by atoms with Crippen LogP contribution < -0.4 is 5.32 Å². The Hall–Kier alpha value is -0.860. The molecule has 2 heteroatoms. The largest absolute Gasteiger partial charge is 0.379 e. The monoisotopic (exact) mass is 249 g/mol. The number of hydrogen-bond acceptors (Lipinski definition) is 2. The first-order valence-corrected chi connectivity index (χ1v) is 6.70. The summed E-state index contributed by atoms with van der Waals surface area (Å²) in [6.45, 7) is 8.66. The number of hydrogen-bond donors (Lipinski definition) is 1. The van der Waals surface area contributed by atoms with Crippen LogP contribution in [0, 0.1) is 13.8 Å². The maximum absolute atomic E-state index is 5.49. The van der Waals surface area contributed by atoms with E-state index in [1.54, 1.807) is 7.11 Å². The predicted molar refractivity (Wildman–Crippen MR) is 78.0 cm³/mol. The molecule has 1 aromatic carbocycles. The van der Waals surface area contributed by atoms with Crippen LogP contribution in [0.5, 0.6) is 0 Å². The maximum atomic E-state index is 5.49. The number of methoxy groups -OCH3 is 1. The van der Waals surface area contributed by atoms with Gasteiger partial charge in [0.2, 0.25) is 0 Å². The number of benzene rings is 1. The molecule has 1 aromatic rings. The van der Waals surface area contributed by atoms with Crippen molar-refractivity contribution in [2.24, 2.45) is 0 Å². The smallest absolute Gasteiger partial charge is 0.0623 e. The van der Waals surface area contributed by atoms with E-state index in [1.807, 2.05) is 7.05 Å². The minimum absolute atomic E-state index is 0.0488. The summed E-state index contributed by atoms with van der Waals surface area (Å²) in [7, 11) is 3.82. The Kier molecular flexibility index (Phi) is 5.36. The van der Waals surface area contributed by atoms with Gasteiger partial charge in [0.25, 0.3) is 0 Å². The van der Waals surface area contributed by atoms with Crippen molar-refractivity contribution < 1.29 is 4.74 Å². The fourth-order valence-corrected chi connectivity index (χ4v) is 2.20. The van der Waals surface area contributed by atoms with Crippen molar-refractivity contribution in [3.05, 3.63) is 34.9 Å². The highest BCUT2D eigenvalue weighted by Gasteiger charge is 2.20. The van der Waals surface area contributed by atoms with Gasteiger partial charge in [-0.2, -0.15) is 0 Å². The fraction of sp³-hybridized carbons (Fsp3) is 0.625. The standard InChI is InChI=1S/C16H27NO/c1-12-8-7-9-14(13(12)2)15(17-5)10-11-16(3,4)18-6/h7-9,15,17H,10-11H2,1-6H3. The Morgan fingerprint density at radius 1 is 1.28 bits per heavy atom. The van der Waals surface area contributed by atoms with Crippen molar-refractivity contribution in [3.63, 3.8) is 0 Å². The van der Waals surface area contributed by atoms with E-state index in [-0.39, 0.29) is 5.60 Å². The van der Waals surface area contributed by atoms with Crippen LogP contribution in [0.25, 0.3) is 0 Å². The van der Waals surface area contributed by atoms with Gasteiger partial charge >= 0.3 is 0 Å². The Labute approximate surface area is 112 Å². The zero-order chi connectivity index (χ0) is 13.8. The average Bonchev–Trinajstić information content (AvgIpc) is 2.35. The van der Waals surface area contributed by atoms with Crippen LogP contribution in [-0.4, -0.2) is 19.8 Å². The van der Waals surface area contributed by atoms with Gasteiger partial charge in [-0.05, 0) is 64.3 Å². The highest BCUT2D eigenvalue weighted by Crippen LogP contribution is 2.27. The summed E-state index contributed by atoms with van der Waals surface area (Å²) >= 11 is 0. The molecular formula is C16H27NO. The molecule has 0 spiro atoms. The van der Waals surface area contributed by atoms with Crippen molar-refractivity contribution in [2.75, 3.05) is 14.2 Å². The Morgan fingerprint density at radius 2 is 1.94 bits per heavy atom. The average molecular weight is 249 g/mol. The van der Waals surface area contributed by atoms with Crippen molar-refractivity contribution >= 4 is 0 Å². The van der Waals surface area contributed by atoms with Crippen molar-refractivity contribution in [1.29, 1.82) is 0 Å². The molecule has 0 aliphatic heterocycles. The molecule has 2 nitrogen and oxygen atoms in total. The topological polar surface area (TPSA) is 21.3 Å². The summed E-state index contributed by atoms with van der Waals surface area (Å²) < 4.78 is 5.49. The van der Waals surface area contributed by atoms with Gasteiger partial charge in [0.05, 0.1) is 5.60 Å². The van der Waals surface area contributed by atoms with Crippen LogP contribution in [0.1, 0.15) is 49.4 Å². The second-order valence-corrected chi connectivity index (χ2v) is 5.63. The van der Waals surface area contributed by atoms with Crippen molar-refractivity contribution in [3.8, 4) is 0 Å². The lowest BCUT2D eigenvalue weighted by Gasteiger charge is -2.27. The van der Waals surface area contributed by atoms with Crippen LogP contribution in [0.15, 0.2) is 18.2 Å². The Balaban J connectivity index is 2.81. The van der Waals surface area contributed by atoms with Gasteiger partial charge in [0, 0.05) is 13.2 Å². The maximum Gasteiger partial charge on any atom is 0.0623 e. The third-order valence-electron chi connectivity index (χ3n) is 3.96. The summed E-state index contributed by atoms with van der Waals surface area (Å²) in [5.74, 6) is 0. The molecule has 102 valence electrons. The molecule has 1 unspecified atom stereocenters. The van der Waals surface area contributed by atoms with E-state index in [4.69, 9.17) is 4.74 Å². The molecule has 0 heterocycles. The Bertz CT molecular complexity index is 385. The van der Waals surface area contributed by atoms with Crippen LogP contribution in [-0.2, 0) is 4.74 Å². The quantitative estimate of drug-likeness (QED) is 0.828. The number of aryl methyl sites for hydroxylation is 1. The molecule has 0 aromatic heterocycles. The lowest BCUT2D eigenvalue weighted by Crippen LogP contribution is -2.26. The summed E-state index contributed by atoms with van der Waals surface area (Å²) in [6.07, 6.45) is 2.13. The van der Waals surface area contributed by atoms with E-state index >= 15 is 0 Å². The third-order valence-corrected chi connectivity index (χ3v) is 3.96. The number of rotatable bonds is 6. The highest BCUT2D eigenvalue weighted by molar-refractivity contribution is 5.35. The third kappa shape index (κ3) is 3.82. The molecule has 0 amide bonds. The normalized spacial score (nSPS) is 13.7. The minimum Gasteiger partial charge on any atom is -0.379 e. The molecule has 0 saturated heterocycles. The van der Waals surface area contributed by atoms with Crippen LogP contribution in [0.2, 0.25) is 0 Å². The highest BCUT2D eigenvalue weighted by atomic mass is 16.5. The molecule has 1 N–H and O–H groups in total. The fourth-order valence-electron chi connectivity index (χ4n) is 2.20. The van der Waals surface area contributed by atoms with Gasteiger partial charge in [-0.25, -0.2) is 0 Å². The lowest BCUT2D eigenvalue weighted by molar-refractivity contribution is 0.0118. The molecule has 1 atom stereocenters. The zero-order valence-electron chi connectivity index (χ0n) is 12.6. The molecular weight excluding hydrogens is 222 g/mol. The first kappa shape index (κ1) is 15.2. The predicted octanol–water partition coefficient (Wildman–Crippen LogP) is 3.77. The molecule has 1 rings (SSSR count). The summed E-state index contributed by atoms with van der Waals surface area (Å²) in [5.41, 5.74) is 4.11. The van der Waals surface area contributed by atoms with Gasteiger partial charge in [-0.1, -0.05) is 18.2 Å². The zero-order valence-corrected chi connectivity index (χ0v) is 12.6. The van der Waals surface area contributed by atoms with Gasteiger partial charge < -0.3 is 10.1 Å². The van der Waals surface area contributed by atoms with E-state index in [0.717, 1.165) is 12.8 Å². The molecule has 0 bridgehead atoms. The Morgan fingerprint density at radius 3 is 2.50 bits per heavy atom. The van der Waals surface area contributed by atoms with Crippen LogP contribution in [0.3, 0.4) is 0 Å². The minimum atomic E-state index is -0.0488. The van der Waals surface area contributed by atoms with E-state index < -0.39 is 0 Å². The van der Waals surface area contributed by atoms with E-state index in [0.29, 0.717) is 6.04 Å². The molecule has 0 aliphatic rings. The van der Waals surface area contributed by atoms with Gasteiger partial charge in [0.15, 0.2) is 0 Å². The van der Waals surface area contributed by atoms with E-state index in [9.17, 15) is 0 Å². The number of nitrogens with one attached hydrogen (secondary N) is 1. The second kappa shape index (κ2) is 6.35. The molecule has 0 saturated carbocycles. The lowest BCUT2D eigenvalue weighted by atomic mass is 9.91. The van der Waals surface area contributed by atoms with Crippen molar-refractivity contribution in [2.45, 2.75) is 52.2 Å². The first-order chi connectivity index (χ1) is 8.41. The second-order valence-electron chi connectivity index (χ2n) is 5.63. The number of ether oxygens (including phenoxy) is 1. The van der Waals surface area contributed by atoms with E-state index in [1.165, 1.54) is 16.7 Å². The van der Waals surface area contributed by atoms with Gasteiger partial charge in [-0.3, -0.25) is 0 Å². The summed E-state index contributed by atoms with van der Waals surface area (Å²) in [4.78, 5) is 0. The van der Waals surface area contributed by atoms with Crippen LogP contribution in [0.4, 0.5) is 0 Å². The SMILES string of the molecule is CNC(CCC(C)(C)OC)c1cccc(C)c1C. The molecule has 0 radical (unpaired) electrons. The van der Waals surface area contributed by atoms with Crippen molar-refractivity contribution in [1.82, 2.24) is 5.32 Å². The molecule has 0 fully saturated rings. The van der Waals surface area contributed by atoms with Gasteiger partial charge in [0.1, 0.15) is 0 Å². The summed E-state index contributed by atoms with van der Waals surface area (Å²) in [5, 5.41) is 3.43. The van der Waals surface area contributed by atoms with Crippen LogP contribution >= 0.6 is 0 Å². The van der Waals surface area contributed by atoms with E-state index in [2.05, 4.69) is 51.2 Å². The summed E-state index contributed by atoms with van der Waals surface area (Å²) in [6, 6.07) is 6.94. The molecule has 18 heavy (non-hydrogen) atoms.